The van der Waals surface area contributed by atoms with E-state index in [1.54, 1.807) is 17.0 Å². The fourth-order valence-electron chi connectivity index (χ4n) is 1.66. The molecule has 0 aromatic heterocycles. The summed E-state index contributed by atoms with van der Waals surface area (Å²) in [5.74, 6) is 0.799. The number of aromatic hydroxyl groups is 1. The minimum absolute atomic E-state index is 0.0743. The fourth-order valence-corrected chi connectivity index (χ4v) is 1.66. The third-order valence-corrected chi connectivity index (χ3v) is 2.41. The Hall–Kier alpha value is -1.71. The number of nitrogens with zero attached hydrogens (tertiary/aromatic N) is 1. The summed E-state index contributed by atoms with van der Waals surface area (Å²) < 4.78 is 5.38. The molecule has 0 aliphatic carbocycles. The van der Waals surface area contributed by atoms with Crippen molar-refractivity contribution in [2.45, 2.75) is 13.3 Å². The molecule has 0 unspecified atom stereocenters. The molecule has 2 rings (SSSR count). The van der Waals surface area contributed by atoms with Gasteiger partial charge in [-0.25, -0.2) is 0 Å². The van der Waals surface area contributed by atoms with Crippen LogP contribution < -0.4 is 9.64 Å². The number of ether oxygens (including phenoxy) is 1. The molecule has 1 aromatic rings. The Bertz CT molecular complexity index is 389. The van der Waals surface area contributed by atoms with E-state index < -0.39 is 0 Å². The lowest BCUT2D eigenvalue weighted by Gasteiger charge is -2.29. The minimum atomic E-state index is 0.0743. The summed E-state index contributed by atoms with van der Waals surface area (Å²) in [6.07, 6.45) is 0.473. The fraction of sp³-hybridized carbons (Fsp3) is 0.364. The maximum Gasteiger partial charge on any atom is 0.226 e. The van der Waals surface area contributed by atoms with Crippen molar-refractivity contribution in [3.05, 3.63) is 18.2 Å². The van der Waals surface area contributed by atoms with Crippen LogP contribution in [0.5, 0.6) is 11.5 Å². The Kier molecular flexibility index (Phi) is 2.49. The Balaban J connectivity index is 2.38. The summed E-state index contributed by atoms with van der Waals surface area (Å²) in [6, 6.07) is 4.80. The lowest BCUT2D eigenvalue weighted by molar-refractivity contribution is -0.118. The highest BCUT2D eigenvalue weighted by molar-refractivity contribution is 5.95. The molecule has 4 nitrogen and oxygen atoms in total. The van der Waals surface area contributed by atoms with Crippen LogP contribution in [0.1, 0.15) is 13.3 Å². The van der Waals surface area contributed by atoms with Gasteiger partial charge in [-0.1, -0.05) is 6.92 Å². The van der Waals surface area contributed by atoms with Gasteiger partial charge in [-0.15, -0.1) is 0 Å². The summed E-state index contributed by atoms with van der Waals surface area (Å²) in [7, 11) is 0. The smallest absolute Gasteiger partial charge is 0.226 e. The first-order valence-electron chi connectivity index (χ1n) is 4.98. The lowest BCUT2D eigenvalue weighted by Crippen LogP contribution is -2.37. The molecule has 0 radical (unpaired) electrons. The zero-order valence-electron chi connectivity index (χ0n) is 8.56. The van der Waals surface area contributed by atoms with Gasteiger partial charge in [-0.2, -0.15) is 0 Å². The normalized spacial score (nSPS) is 14.3. The van der Waals surface area contributed by atoms with Crippen molar-refractivity contribution < 1.29 is 14.6 Å². The van der Waals surface area contributed by atoms with E-state index in [4.69, 9.17) is 4.74 Å². The number of anilines is 1. The van der Waals surface area contributed by atoms with Crippen LogP contribution in [0, 0.1) is 0 Å². The van der Waals surface area contributed by atoms with Gasteiger partial charge in [-0.05, 0) is 12.1 Å². The molecule has 1 heterocycles. The third kappa shape index (κ3) is 1.75. The van der Waals surface area contributed by atoms with E-state index in [9.17, 15) is 9.90 Å². The molecule has 1 amide bonds. The Labute approximate surface area is 88.1 Å². The number of carbonyl (C=O) groups excluding carboxylic acids is 1. The quantitative estimate of drug-likeness (QED) is 0.759. The van der Waals surface area contributed by atoms with Crippen molar-refractivity contribution in [3.8, 4) is 11.5 Å². The van der Waals surface area contributed by atoms with E-state index in [0.717, 1.165) is 5.69 Å². The van der Waals surface area contributed by atoms with Gasteiger partial charge in [-0.3, -0.25) is 4.79 Å². The maximum atomic E-state index is 11.6. The number of fused-ring (bicyclic) bond motifs is 1. The van der Waals surface area contributed by atoms with Gasteiger partial charge in [0.05, 0.1) is 12.2 Å². The first-order chi connectivity index (χ1) is 7.22. The molecule has 80 valence electrons. The van der Waals surface area contributed by atoms with Gasteiger partial charge >= 0.3 is 0 Å². The predicted molar refractivity (Wildman–Crippen MR) is 56.2 cm³/mol. The monoisotopic (exact) mass is 207 g/mol. The van der Waals surface area contributed by atoms with Crippen LogP contribution in [-0.2, 0) is 4.79 Å². The molecule has 1 aromatic carbocycles. The molecule has 4 heteroatoms. The molecule has 1 aliphatic rings. The zero-order valence-corrected chi connectivity index (χ0v) is 8.56. The second-order valence-electron chi connectivity index (χ2n) is 3.40. The number of phenols is 1. The summed E-state index contributed by atoms with van der Waals surface area (Å²) in [4.78, 5) is 13.3. The molecular weight excluding hydrogens is 194 g/mol. The number of amides is 1. The van der Waals surface area contributed by atoms with E-state index in [1.165, 1.54) is 6.07 Å². The summed E-state index contributed by atoms with van der Waals surface area (Å²) >= 11 is 0. The highest BCUT2D eigenvalue weighted by Gasteiger charge is 2.22. The number of hydrogen-bond donors (Lipinski definition) is 1. The number of phenolic OH excluding ortho intramolecular Hbond substituents is 1. The lowest BCUT2D eigenvalue weighted by atomic mass is 10.2. The van der Waals surface area contributed by atoms with Gasteiger partial charge in [0.2, 0.25) is 5.91 Å². The molecule has 0 bridgehead atoms. The van der Waals surface area contributed by atoms with Crippen LogP contribution in [-0.4, -0.2) is 24.2 Å². The van der Waals surface area contributed by atoms with E-state index >= 15 is 0 Å². The molecule has 1 aliphatic heterocycles. The van der Waals surface area contributed by atoms with Crippen molar-refractivity contribution >= 4 is 11.6 Å². The highest BCUT2D eigenvalue weighted by atomic mass is 16.5. The largest absolute Gasteiger partial charge is 0.508 e. The predicted octanol–water partition coefficient (Wildman–Crippen LogP) is 1.53. The van der Waals surface area contributed by atoms with Crippen LogP contribution >= 0.6 is 0 Å². The van der Waals surface area contributed by atoms with Gasteiger partial charge in [0.1, 0.15) is 18.1 Å². The van der Waals surface area contributed by atoms with Crippen molar-refractivity contribution in [1.82, 2.24) is 0 Å². The Morgan fingerprint density at radius 2 is 2.40 bits per heavy atom. The topological polar surface area (TPSA) is 49.8 Å². The summed E-state index contributed by atoms with van der Waals surface area (Å²) in [5.41, 5.74) is 0.742. The van der Waals surface area contributed by atoms with Gasteiger partial charge in [0, 0.05) is 12.5 Å². The van der Waals surface area contributed by atoms with Crippen LogP contribution in [0.3, 0.4) is 0 Å². The average molecular weight is 207 g/mol. The van der Waals surface area contributed by atoms with Gasteiger partial charge in [0.15, 0.2) is 0 Å². The summed E-state index contributed by atoms with van der Waals surface area (Å²) in [5, 5.41) is 9.29. The van der Waals surface area contributed by atoms with E-state index in [-0.39, 0.29) is 11.7 Å². The SMILES string of the molecule is CCC(=O)N1CCOc2cc(O)ccc21. The number of carbonyl (C=O) groups is 1. The molecular formula is C11H13NO3. The zero-order chi connectivity index (χ0) is 10.8. The van der Waals surface area contributed by atoms with E-state index in [1.807, 2.05) is 6.92 Å². The van der Waals surface area contributed by atoms with Crippen molar-refractivity contribution in [1.29, 1.82) is 0 Å². The van der Waals surface area contributed by atoms with E-state index in [2.05, 4.69) is 0 Å². The Morgan fingerprint density at radius 1 is 1.60 bits per heavy atom. The number of hydrogen-bond acceptors (Lipinski definition) is 3. The minimum Gasteiger partial charge on any atom is -0.508 e. The van der Waals surface area contributed by atoms with Crippen molar-refractivity contribution in [3.63, 3.8) is 0 Å². The van der Waals surface area contributed by atoms with Crippen LogP contribution in [0.2, 0.25) is 0 Å². The van der Waals surface area contributed by atoms with Crippen molar-refractivity contribution in [2.75, 3.05) is 18.1 Å². The number of rotatable bonds is 1. The number of benzene rings is 1. The first kappa shape index (κ1) is 9.83. The highest BCUT2D eigenvalue weighted by Crippen LogP contribution is 2.34. The molecule has 0 fully saturated rings. The molecule has 15 heavy (non-hydrogen) atoms. The van der Waals surface area contributed by atoms with Crippen molar-refractivity contribution in [2.24, 2.45) is 0 Å². The van der Waals surface area contributed by atoms with Crippen LogP contribution in [0.25, 0.3) is 0 Å². The van der Waals surface area contributed by atoms with Crippen LogP contribution in [0.4, 0.5) is 5.69 Å². The molecule has 0 saturated heterocycles. The molecule has 0 atom stereocenters. The van der Waals surface area contributed by atoms with Gasteiger partial charge in [0.25, 0.3) is 0 Å². The van der Waals surface area contributed by atoms with E-state index in [0.29, 0.717) is 25.3 Å². The standard InChI is InChI=1S/C11H13NO3/c1-2-11(14)12-5-6-15-10-7-8(13)3-4-9(10)12/h3-4,7,13H,2,5-6H2,1H3. The average Bonchev–Trinajstić information content (AvgIpc) is 2.26. The Morgan fingerprint density at radius 3 is 3.13 bits per heavy atom. The van der Waals surface area contributed by atoms with Gasteiger partial charge < -0.3 is 14.7 Å². The first-order valence-corrected chi connectivity index (χ1v) is 4.98. The molecule has 0 saturated carbocycles. The molecule has 1 N–H and O–H groups in total. The summed E-state index contributed by atoms with van der Waals surface area (Å²) in [6.45, 7) is 2.88. The third-order valence-electron chi connectivity index (χ3n) is 2.41. The second-order valence-corrected chi connectivity index (χ2v) is 3.40. The van der Waals surface area contributed by atoms with Crippen LogP contribution in [0.15, 0.2) is 18.2 Å². The molecule has 0 spiro atoms. The maximum absolute atomic E-state index is 11.6. The second kappa shape index (κ2) is 3.81.